The maximum absolute atomic E-state index is 5.38. The second-order valence-electron chi connectivity index (χ2n) is 7.28. The number of nitrogens with zero attached hydrogens (tertiary/aromatic N) is 4. The fourth-order valence-electron chi connectivity index (χ4n) is 3.65. The molecule has 0 radical (unpaired) electrons. The van der Waals surface area contributed by atoms with E-state index in [9.17, 15) is 0 Å². The van der Waals surface area contributed by atoms with Gasteiger partial charge in [0.1, 0.15) is 23.2 Å². The molecule has 0 saturated carbocycles. The van der Waals surface area contributed by atoms with Crippen LogP contribution in [0.15, 0.2) is 47.1 Å². The molecule has 0 amide bonds. The number of rotatable bonds is 5. The lowest BCUT2D eigenvalue weighted by Gasteiger charge is -2.37. The zero-order chi connectivity index (χ0) is 19.5. The van der Waals surface area contributed by atoms with Gasteiger partial charge in [0.2, 0.25) is 0 Å². The van der Waals surface area contributed by atoms with Crippen molar-refractivity contribution in [2.75, 3.05) is 41.3 Å². The molecule has 28 heavy (non-hydrogen) atoms. The second kappa shape index (κ2) is 7.92. The molecule has 0 atom stereocenters. The van der Waals surface area contributed by atoms with Crippen molar-refractivity contribution in [3.8, 4) is 0 Å². The van der Waals surface area contributed by atoms with Gasteiger partial charge in [-0.1, -0.05) is 12.1 Å². The van der Waals surface area contributed by atoms with Crippen LogP contribution >= 0.6 is 0 Å². The van der Waals surface area contributed by atoms with Crippen LogP contribution in [-0.2, 0) is 6.54 Å². The molecule has 6 heteroatoms. The van der Waals surface area contributed by atoms with Gasteiger partial charge in [-0.3, -0.25) is 0 Å². The molecule has 146 valence electrons. The quantitative estimate of drug-likeness (QED) is 0.727. The lowest BCUT2D eigenvalue weighted by molar-refractivity contribution is 0.517. The first kappa shape index (κ1) is 18.3. The summed E-state index contributed by atoms with van der Waals surface area (Å²) in [4.78, 5) is 14.0. The fraction of sp³-hybridized carbons (Fsp3) is 0.364. The SMILES string of the molecule is Cc1nc(NCc2ccco2)cc(N2CCN(c3cccc(C)c3C)CC2)n1. The first-order valence-corrected chi connectivity index (χ1v) is 9.78. The highest BCUT2D eigenvalue weighted by molar-refractivity contribution is 5.58. The van der Waals surface area contributed by atoms with Crippen LogP contribution in [0.4, 0.5) is 17.3 Å². The Morgan fingerprint density at radius 1 is 0.964 bits per heavy atom. The predicted molar refractivity (Wildman–Crippen MR) is 113 cm³/mol. The van der Waals surface area contributed by atoms with E-state index in [1.807, 2.05) is 25.1 Å². The summed E-state index contributed by atoms with van der Waals surface area (Å²) in [6, 6.07) is 12.4. The average Bonchev–Trinajstić information content (AvgIpc) is 3.22. The number of benzene rings is 1. The Morgan fingerprint density at radius 2 is 1.75 bits per heavy atom. The fourth-order valence-corrected chi connectivity index (χ4v) is 3.65. The van der Waals surface area contributed by atoms with Crippen LogP contribution in [-0.4, -0.2) is 36.1 Å². The molecule has 0 aliphatic carbocycles. The monoisotopic (exact) mass is 377 g/mol. The summed E-state index contributed by atoms with van der Waals surface area (Å²) in [6.45, 7) is 10.8. The number of hydrogen-bond donors (Lipinski definition) is 1. The van der Waals surface area contributed by atoms with Crippen LogP contribution in [0.2, 0.25) is 0 Å². The minimum absolute atomic E-state index is 0.614. The largest absolute Gasteiger partial charge is 0.467 e. The van der Waals surface area contributed by atoms with Gasteiger partial charge < -0.3 is 19.5 Å². The first-order chi connectivity index (χ1) is 13.6. The van der Waals surface area contributed by atoms with E-state index in [0.29, 0.717) is 6.54 Å². The Hall–Kier alpha value is -3.02. The summed E-state index contributed by atoms with van der Waals surface area (Å²) in [7, 11) is 0. The molecule has 3 heterocycles. The van der Waals surface area contributed by atoms with E-state index in [1.54, 1.807) is 6.26 Å². The van der Waals surface area contributed by atoms with Crippen LogP contribution in [0.25, 0.3) is 0 Å². The second-order valence-corrected chi connectivity index (χ2v) is 7.28. The number of hydrogen-bond acceptors (Lipinski definition) is 6. The number of anilines is 3. The summed E-state index contributed by atoms with van der Waals surface area (Å²) >= 11 is 0. The topological polar surface area (TPSA) is 57.4 Å². The standard InChI is InChI=1S/C22H27N5O/c1-16-6-4-8-20(17(16)2)26-9-11-27(12-10-26)22-14-21(24-18(3)25-22)23-15-19-7-5-13-28-19/h4-8,13-14H,9-12,15H2,1-3H3,(H,23,24,25). The molecule has 2 aromatic heterocycles. The molecule has 1 aliphatic rings. The van der Waals surface area contributed by atoms with Gasteiger partial charge in [0.15, 0.2) is 0 Å². The van der Waals surface area contributed by atoms with E-state index in [1.165, 1.54) is 16.8 Å². The number of nitrogens with one attached hydrogen (secondary N) is 1. The van der Waals surface area contributed by atoms with Crippen molar-refractivity contribution in [1.29, 1.82) is 0 Å². The third-order valence-electron chi connectivity index (χ3n) is 5.37. The minimum Gasteiger partial charge on any atom is -0.467 e. The molecule has 4 rings (SSSR count). The van der Waals surface area contributed by atoms with Crippen molar-refractivity contribution in [1.82, 2.24) is 9.97 Å². The van der Waals surface area contributed by atoms with Crippen LogP contribution in [0.5, 0.6) is 0 Å². The summed E-state index contributed by atoms with van der Waals surface area (Å²) in [6.07, 6.45) is 1.68. The van der Waals surface area contributed by atoms with Gasteiger partial charge in [0.05, 0.1) is 12.8 Å². The normalized spacial score (nSPS) is 14.4. The van der Waals surface area contributed by atoms with E-state index in [2.05, 4.69) is 57.1 Å². The van der Waals surface area contributed by atoms with Crippen molar-refractivity contribution in [2.24, 2.45) is 0 Å². The average molecular weight is 377 g/mol. The summed E-state index contributed by atoms with van der Waals surface area (Å²) in [5, 5.41) is 3.33. The molecule has 1 saturated heterocycles. The zero-order valence-electron chi connectivity index (χ0n) is 16.8. The van der Waals surface area contributed by atoms with Crippen LogP contribution in [0.3, 0.4) is 0 Å². The highest BCUT2D eigenvalue weighted by Crippen LogP contribution is 2.25. The lowest BCUT2D eigenvalue weighted by atomic mass is 10.1. The third-order valence-corrected chi connectivity index (χ3v) is 5.37. The molecule has 3 aromatic rings. The lowest BCUT2D eigenvalue weighted by Crippen LogP contribution is -2.47. The van der Waals surface area contributed by atoms with Crippen molar-refractivity contribution >= 4 is 17.3 Å². The summed E-state index contributed by atoms with van der Waals surface area (Å²) < 4.78 is 5.38. The number of piperazine rings is 1. The molecule has 1 aliphatic heterocycles. The Bertz CT molecular complexity index is 930. The maximum atomic E-state index is 5.38. The smallest absolute Gasteiger partial charge is 0.134 e. The van der Waals surface area contributed by atoms with Gasteiger partial charge in [0.25, 0.3) is 0 Å². The Balaban J connectivity index is 1.43. The molecular formula is C22H27N5O. The molecule has 1 fully saturated rings. The highest BCUT2D eigenvalue weighted by atomic mass is 16.3. The van der Waals surface area contributed by atoms with Gasteiger partial charge in [-0.25, -0.2) is 9.97 Å². The Kier molecular flexibility index (Phi) is 5.19. The minimum atomic E-state index is 0.614. The molecule has 1 aromatic carbocycles. The van der Waals surface area contributed by atoms with Crippen molar-refractivity contribution < 1.29 is 4.42 Å². The van der Waals surface area contributed by atoms with Gasteiger partial charge >= 0.3 is 0 Å². The van der Waals surface area contributed by atoms with Crippen molar-refractivity contribution in [3.63, 3.8) is 0 Å². The predicted octanol–water partition coefficient (Wildman–Crippen LogP) is 3.93. The van der Waals surface area contributed by atoms with Crippen molar-refractivity contribution in [2.45, 2.75) is 27.3 Å². The van der Waals surface area contributed by atoms with Crippen LogP contribution < -0.4 is 15.1 Å². The molecule has 6 nitrogen and oxygen atoms in total. The molecule has 0 bridgehead atoms. The Morgan fingerprint density at radius 3 is 2.50 bits per heavy atom. The number of furan rings is 1. The maximum Gasteiger partial charge on any atom is 0.134 e. The van der Waals surface area contributed by atoms with Gasteiger partial charge in [-0.15, -0.1) is 0 Å². The van der Waals surface area contributed by atoms with E-state index in [0.717, 1.165) is 49.4 Å². The summed E-state index contributed by atoms with van der Waals surface area (Å²) in [5.74, 6) is 3.47. The molecule has 0 unspecified atom stereocenters. The van der Waals surface area contributed by atoms with Gasteiger partial charge in [0, 0.05) is 37.9 Å². The summed E-state index contributed by atoms with van der Waals surface area (Å²) in [5.41, 5.74) is 4.07. The van der Waals surface area contributed by atoms with Crippen LogP contribution in [0, 0.1) is 20.8 Å². The highest BCUT2D eigenvalue weighted by Gasteiger charge is 2.20. The van der Waals surface area contributed by atoms with E-state index in [4.69, 9.17) is 4.42 Å². The first-order valence-electron chi connectivity index (χ1n) is 9.78. The van der Waals surface area contributed by atoms with Gasteiger partial charge in [-0.05, 0) is 50.1 Å². The van der Waals surface area contributed by atoms with E-state index in [-0.39, 0.29) is 0 Å². The molecular weight excluding hydrogens is 350 g/mol. The Labute approximate surface area is 166 Å². The number of aryl methyl sites for hydroxylation is 2. The third kappa shape index (κ3) is 3.96. The van der Waals surface area contributed by atoms with Crippen molar-refractivity contribution in [3.05, 3.63) is 65.4 Å². The van der Waals surface area contributed by atoms with Crippen LogP contribution in [0.1, 0.15) is 22.7 Å². The zero-order valence-corrected chi connectivity index (χ0v) is 16.8. The van der Waals surface area contributed by atoms with Gasteiger partial charge in [-0.2, -0.15) is 0 Å². The molecule has 1 N–H and O–H groups in total. The van der Waals surface area contributed by atoms with E-state index >= 15 is 0 Å². The number of aromatic nitrogens is 2. The van der Waals surface area contributed by atoms with E-state index < -0.39 is 0 Å². The molecule has 0 spiro atoms.